The van der Waals surface area contributed by atoms with E-state index in [0.29, 0.717) is 23.7 Å². The Morgan fingerprint density at radius 2 is 1.89 bits per heavy atom. The molecule has 1 aliphatic heterocycles. The molecule has 0 spiro atoms. The van der Waals surface area contributed by atoms with Crippen LogP contribution < -0.4 is 14.8 Å². The van der Waals surface area contributed by atoms with Gasteiger partial charge in [0.2, 0.25) is 5.91 Å². The average molecular weight is 494 g/mol. The molecule has 4 rings (SSSR count). The number of fused-ring (bicyclic) bond motifs is 1. The average Bonchev–Trinajstić information content (AvgIpc) is 3.36. The summed E-state index contributed by atoms with van der Waals surface area (Å²) in [4.78, 5) is 31.7. The van der Waals surface area contributed by atoms with Gasteiger partial charge in [-0.3, -0.25) is 4.79 Å². The van der Waals surface area contributed by atoms with Crippen LogP contribution in [0, 0.1) is 0 Å². The van der Waals surface area contributed by atoms with E-state index in [0.717, 1.165) is 12.0 Å². The van der Waals surface area contributed by atoms with E-state index in [-0.39, 0.29) is 30.6 Å². The third-order valence-corrected chi connectivity index (χ3v) is 7.24. The number of carbonyl (C=O) groups excluding carboxylic acids is 2. The van der Waals surface area contributed by atoms with Crippen molar-refractivity contribution in [1.29, 1.82) is 0 Å². The first kappa shape index (κ1) is 24.6. The topological polar surface area (TPSA) is 71.1 Å². The number of anilines is 1. The van der Waals surface area contributed by atoms with Crippen molar-refractivity contribution < 1.29 is 19.1 Å². The van der Waals surface area contributed by atoms with Crippen molar-refractivity contribution in [2.24, 2.45) is 0 Å². The predicted octanol–water partition coefficient (Wildman–Crippen LogP) is 5.18. The standard InChI is InChI=1S/C27H31N3O4S/c1-18(2)30(27(32)28-22-11-10-20(33-3)16-23(22)34-4)17-25(31)29-14-12-24-21(13-15-35-24)26(29)19-8-6-5-7-9-19/h5-11,13,15-16,18,26H,12,14,17H2,1-4H3,(H,28,32). The van der Waals surface area contributed by atoms with Gasteiger partial charge in [0.05, 0.1) is 25.9 Å². The molecule has 8 heteroatoms. The Labute approximate surface area is 210 Å². The minimum Gasteiger partial charge on any atom is -0.497 e. The third kappa shape index (κ3) is 5.27. The smallest absolute Gasteiger partial charge is 0.322 e. The maximum atomic E-state index is 13.7. The zero-order chi connectivity index (χ0) is 24.9. The van der Waals surface area contributed by atoms with Crippen molar-refractivity contribution in [3.63, 3.8) is 0 Å². The van der Waals surface area contributed by atoms with Gasteiger partial charge in [0.1, 0.15) is 18.0 Å². The number of nitrogens with zero attached hydrogens (tertiary/aromatic N) is 2. The number of hydrogen-bond donors (Lipinski definition) is 1. The Morgan fingerprint density at radius 3 is 2.57 bits per heavy atom. The maximum absolute atomic E-state index is 13.7. The van der Waals surface area contributed by atoms with Gasteiger partial charge >= 0.3 is 6.03 Å². The molecule has 1 N–H and O–H groups in total. The number of benzene rings is 2. The van der Waals surface area contributed by atoms with Crippen LogP contribution in [0.15, 0.2) is 60.0 Å². The predicted molar refractivity (Wildman–Crippen MR) is 138 cm³/mol. The molecular formula is C27H31N3O4S. The second-order valence-corrected chi connectivity index (χ2v) is 9.67. The highest BCUT2D eigenvalue weighted by Gasteiger charge is 2.34. The number of carbonyl (C=O) groups is 2. The summed E-state index contributed by atoms with van der Waals surface area (Å²) in [6, 6.07) is 16.7. The molecule has 1 unspecified atom stereocenters. The van der Waals surface area contributed by atoms with Crippen LogP contribution in [0.1, 0.15) is 35.9 Å². The molecule has 1 atom stereocenters. The van der Waals surface area contributed by atoms with Crippen LogP contribution in [-0.2, 0) is 11.2 Å². The van der Waals surface area contributed by atoms with E-state index in [4.69, 9.17) is 9.47 Å². The SMILES string of the molecule is COc1ccc(NC(=O)N(CC(=O)N2CCc3sccc3C2c2ccccc2)C(C)C)c(OC)c1. The second kappa shape index (κ2) is 10.8. The van der Waals surface area contributed by atoms with Gasteiger partial charge in [-0.25, -0.2) is 4.79 Å². The van der Waals surface area contributed by atoms with E-state index < -0.39 is 0 Å². The van der Waals surface area contributed by atoms with Crippen LogP contribution in [-0.4, -0.2) is 55.1 Å². The number of urea groups is 1. The lowest BCUT2D eigenvalue weighted by Crippen LogP contribution is -2.49. The van der Waals surface area contributed by atoms with Crippen molar-refractivity contribution in [3.8, 4) is 11.5 Å². The molecule has 35 heavy (non-hydrogen) atoms. The van der Waals surface area contributed by atoms with Crippen LogP contribution in [0.2, 0.25) is 0 Å². The van der Waals surface area contributed by atoms with Gasteiger partial charge in [-0.1, -0.05) is 30.3 Å². The van der Waals surface area contributed by atoms with Crippen LogP contribution in [0.5, 0.6) is 11.5 Å². The normalized spacial score (nSPS) is 14.9. The molecule has 0 saturated carbocycles. The molecule has 1 aliphatic rings. The van der Waals surface area contributed by atoms with Gasteiger partial charge in [-0.15, -0.1) is 11.3 Å². The number of amides is 3. The monoisotopic (exact) mass is 493 g/mol. The minimum atomic E-state index is -0.360. The number of hydrogen-bond acceptors (Lipinski definition) is 5. The van der Waals surface area contributed by atoms with Crippen molar-refractivity contribution >= 4 is 29.0 Å². The van der Waals surface area contributed by atoms with E-state index >= 15 is 0 Å². The third-order valence-electron chi connectivity index (χ3n) is 6.24. The molecule has 0 bridgehead atoms. The fourth-order valence-corrected chi connectivity index (χ4v) is 5.30. The lowest BCUT2D eigenvalue weighted by atomic mass is 9.93. The second-order valence-electron chi connectivity index (χ2n) is 8.67. The Morgan fingerprint density at radius 1 is 1.11 bits per heavy atom. The largest absolute Gasteiger partial charge is 0.497 e. The fraction of sp³-hybridized carbons (Fsp3) is 0.333. The van der Waals surface area contributed by atoms with Crippen molar-refractivity contribution in [2.75, 3.05) is 32.6 Å². The zero-order valence-corrected chi connectivity index (χ0v) is 21.3. The van der Waals surface area contributed by atoms with Gasteiger partial charge in [0.25, 0.3) is 0 Å². The molecule has 2 aromatic carbocycles. The lowest BCUT2D eigenvalue weighted by molar-refractivity contribution is -0.134. The molecular weight excluding hydrogens is 462 g/mol. The Balaban J connectivity index is 1.55. The molecule has 3 amide bonds. The van der Waals surface area contributed by atoms with E-state index in [1.807, 2.05) is 36.9 Å². The van der Waals surface area contributed by atoms with Crippen LogP contribution in [0.3, 0.4) is 0 Å². The van der Waals surface area contributed by atoms with Crippen LogP contribution >= 0.6 is 11.3 Å². The number of nitrogens with one attached hydrogen (secondary N) is 1. The highest BCUT2D eigenvalue weighted by Crippen LogP contribution is 2.38. The van der Waals surface area contributed by atoms with E-state index in [1.165, 1.54) is 17.6 Å². The highest BCUT2D eigenvalue weighted by atomic mass is 32.1. The Bertz CT molecular complexity index is 1180. The highest BCUT2D eigenvalue weighted by molar-refractivity contribution is 7.10. The summed E-state index contributed by atoms with van der Waals surface area (Å²) in [6.45, 7) is 4.40. The zero-order valence-electron chi connectivity index (χ0n) is 20.5. The van der Waals surface area contributed by atoms with Crippen molar-refractivity contribution in [3.05, 3.63) is 76.0 Å². The van der Waals surface area contributed by atoms with E-state index in [2.05, 4.69) is 28.9 Å². The molecule has 0 aliphatic carbocycles. The van der Waals surface area contributed by atoms with Crippen molar-refractivity contribution in [1.82, 2.24) is 9.80 Å². The van der Waals surface area contributed by atoms with E-state index in [1.54, 1.807) is 41.5 Å². The fourth-order valence-electron chi connectivity index (χ4n) is 4.39. The molecule has 184 valence electrons. The molecule has 0 radical (unpaired) electrons. The first-order valence-corrected chi connectivity index (χ1v) is 12.5. The first-order chi connectivity index (χ1) is 16.9. The summed E-state index contributed by atoms with van der Waals surface area (Å²) in [5.41, 5.74) is 2.76. The summed E-state index contributed by atoms with van der Waals surface area (Å²) in [5.74, 6) is 1.03. The molecule has 0 fully saturated rings. The van der Waals surface area contributed by atoms with Gasteiger partial charge in [-0.2, -0.15) is 0 Å². The Hall–Kier alpha value is -3.52. The summed E-state index contributed by atoms with van der Waals surface area (Å²) < 4.78 is 10.6. The van der Waals surface area contributed by atoms with Gasteiger partial charge in [0.15, 0.2) is 0 Å². The summed E-state index contributed by atoms with van der Waals surface area (Å²) in [7, 11) is 3.11. The molecule has 3 aromatic rings. The van der Waals surface area contributed by atoms with Crippen molar-refractivity contribution in [2.45, 2.75) is 32.4 Å². The van der Waals surface area contributed by atoms with E-state index in [9.17, 15) is 9.59 Å². The number of thiophene rings is 1. The quantitative estimate of drug-likeness (QED) is 0.492. The number of ether oxygens (including phenoxy) is 2. The number of rotatable bonds is 7. The summed E-state index contributed by atoms with van der Waals surface area (Å²) in [6.07, 6.45) is 0.818. The lowest BCUT2D eigenvalue weighted by Gasteiger charge is -2.38. The van der Waals surface area contributed by atoms with Gasteiger partial charge in [-0.05, 0) is 55.0 Å². The van der Waals surface area contributed by atoms with Gasteiger partial charge < -0.3 is 24.6 Å². The van der Waals surface area contributed by atoms with Gasteiger partial charge in [0, 0.05) is 23.5 Å². The van der Waals surface area contributed by atoms with Crippen LogP contribution in [0.4, 0.5) is 10.5 Å². The molecule has 1 aromatic heterocycles. The maximum Gasteiger partial charge on any atom is 0.322 e. The summed E-state index contributed by atoms with van der Waals surface area (Å²) in [5, 5.41) is 4.98. The molecule has 0 saturated heterocycles. The number of methoxy groups -OCH3 is 2. The minimum absolute atomic E-state index is 0.0230. The molecule has 7 nitrogen and oxygen atoms in total. The first-order valence-electron chi connectivity index (χ1n) is 11.6. The summed E-state index contributed by atoms with van der Waals surface area (Å²) >= 11 is 1.74. The van der Waals surface area contributed by atoms with Crippen LogP contribution in [0.25, 0.3) is 0 Å². The Kier molecular flexibility index (Phi) is 7.60. The molecule has 2 heterocycles.